The summed E-state index contributed by atoms with van der Waals surface area (Å²) in [5.74, 6) is -0.697. The summed E-state index contributed by atoms with van der Waals surface area (Å²) in [5.41, 5.74) is 0.937. The van der Waals surface area contributed by atoms with E-state index in [0.29, 0.717) is 31.4 Å². The van der Waals surface area contributed by atoms with Crippen LogP contribution in [0.3, 0.4) is 0 Å². The molecule has 6 nitrogen and oxygen atoms in total. The Kier molecular flexibility index (Phi) is 6.12. The van der Waals surface area contributed by atoms with Crippen LogP contribution in [0.15, 0.2) is 22.7 Å². The molecule has 1 amide bonds. The maximum atomic E-state index is 12.9. The molecule has 1 fully saturated rings. The van der Waals surface area contributed by atoms with Gasteiger partial charge in [0.15, 0.2) is 6.10 Å². The lowest BCUT2D eigenvalue weighted by atomic mass is 10.0. The molecule has 1 aromatic carbocycles. The summed E-state index contributed by atoms with van der Waals surface area (Å²) in [6, 6.07) is 4.84. The Labute approximate surface area is 173 Å². The predicted octanol–water partition coefficient (Wildman–Crippen LogP) is 4.28. The molecule has 3 rings (SSSR count). The second kappa shape index (κ2) is 8.23. The molecule has 1 saturated heterocycles. The number of likely N-dealkylation sites (tertiary alicyclic amines) is 1. The first-order valence-electron chi connectivity index (χ1n) is 9.68. The average molecular weight is 452 g/mol. The lowest BCUT2D eigenvalue weighted by Gasteiger charge is -2.28. The van der Waals surface area contributed by atoms with E-state index in [1.807, 2.05) is 12.1 Å². The highest BCUT2D eigenvalue weighted by Crippen LogP contribution is 2.27. The van der Waals surface area contributed by atoms with Gasteiger partial charge in [0, 0.05) is 16.6 Å². The minimum absolute atomic E-state index is 0.171. The lowest BCUT2D eigenvalue weighted by Crippen LogP contribution is -2.45. The lowest BCUT2D eigenvalue weighted by molar-refractivity contribution is -0.152. The zero-order chi connectivity index (χ0) is 20.5. The van der Waals surface area contributed by atoms with Crippen LogP contribution in [-0.2, 0) is 20.7 Å². The quantitative estimate of drug-likeness (QED) is 0.495. The van der Waals surface area contributed by atoms with E-state index >= 15 is 0 Å². The van der Waals surface area contributed by atoms with Crippen molar-refractivity contribution in [1.82, 2.24) is 4.90 Å². The van der Waals surface area contributed by atoms with Crippen LogP contribution in [0.25, 0.3) is 0 Å². The van der Waals surface area contributed by atoms with Crippen LogP contribution < -0.4 is 0 Å². The maximum Gasteiger partial charge on any atom is 0.411 e. The van der Waals surface area contributed by atoms with Crippen molar-refractivity contribution in [1.29, 1.82) is 0 Å². The average Bonchev–Trinajstić information content (AvgIpc) is 3.03. The molecule has 152 valence electrons. The zero-order valence-corrected chi connectivity index (χ0v) is 18.1. The third kappa shape index (κ3) is 4.74. The SMILES string of the molecule is CC(C)(C)OC(=O)N1CCC[C@H]1C(=O)OC1CCCc2cc(Br)ccc2C1=O. The molecule has 1 aliphatic carbocycles. The number of amides is 1. The van der Waals surface area contributed by atoms with Crippen LogP contribution in [0.4, 0.5) is 4.79 Å². The van der Waals surface area contributed by atoms with Crippen molar-refractivity contribution >= 4 is 33.8 Å². The number of rotatable bonds is 2. The highest BCUT2D eigenvalue weighted by atomic mass is 79.9. The van der Waals surface area contributed by atoms with Crippen molar-refractivity contribution in [3.05, 3.63) is 33.8 Å². The minimum atomic E-state index is -0.809. The topological polar surface area (TPSA) is 72.9 Å². The Morgan fingerprint density at radius 1 is 1.18 bits per heavy atom. The Bertz CT molecular complexity index is 785. The molecule has 0 bridgehead atoms. The summed E-state index contributed by atoms with van der Waals surface area (Å²) in [5, 5.41) is 0. The van der Waals surface area contributed by atoms with Crippen LogP contribution in [0.5, 0.6) is 0 Å². The van der Waals surface area contributed by atoms with Gasteiger partial charge in [-0.2, -0.15) is 0 Å². The first-order valence-corrected chi connectivity index (χ1v) is 10.5. The molecule has 2 atom stereocenters. The van der Waals surface area contributed by atoms with Gasteiger partial charge in [-0.15, -0.1) is 0 Å². The van der Waals surface area contributed by atoms with Gasteiger partial charge in [0.25, 0.3) is 0 Å². The summed E-state index contributed by atoms with van der Waals surface area (Å²) in [6.45, 7) is 5.81. The van der Waals surface area contributed by atoms with Gasteiger partial charge in [-0.1, -0.05) is 15.9 Å². The maximum absolute atomic E-state index is 12.9. The summed E-state index contributed by atoms with van der Waals surface area (Å²) in [4.78, 5) is 39.5. The smallest absolute Gasteiger partial charge is 0.411 e. The normalized spacial score (nSPS) is 22.4. The Balaban J connectivity index is 1.70. The van der Waals surface area contributed by atoms with Crippen LogP contribution in [0.1, 0.15) is 62.4 Å². The number of halogens is 1. The number of esters is 1. The molecular formula is C21H26BrNO5. The van der Waals surface area contributed by atoms with E-state index in [1.54, 1.807) is 26.8 Å². The number of nitrogens with zero attached hydrogens (tertiary/aromatic N) is 1. The monoisotopic (exact) mass is 451 g/mol. The Morgan fingerprint density at radius 3 is 2.64 bits per heavy atom. The van der Waals surface area contributed by atoms with Gasteiger partial charge in [0.2, 0.25) is 5.78 Å². The summed E-state index contributed by atoms with van der Waals surface area (Å²) in [6.07, 6.45) is 1.90. The van der Waals surface area contributed by atoms with E-state index in [2.05, 4.69) is 15.9 Å². The molecule has 0 radical (unpaired) electrons. The number of ketones is 1. The van der Waals surface area contributed by atoms with Crippen molar-refractivity contribution in [2.75, 3.05) is 6.54 Å². The van der Waals surface area contributed by atoms with E-state index in [-0.39, 0.29) is 5.78 Å². The second-order valence-corrected chi connectivity index (χ2v) is 9.23. The van der Waals surface area contributed by atoms with E-state index < -0.39 is 29.8 Å². The fourth-order valence-corrected chi connectivity index (χ4v) is 4.08. The molecule has 7 heteroatoms. The number of fused-ring (bicyclic) bond motifs is 1. The van der Waals surface area contributed by atoms with Crippen molar-refractivity contribution in [3.63, 3.8) is 0 Å². The molecule has 0 N–H and O–H groups in total. The standard InChI is InChI=1S/C21H26BrNO5/c1-21(2,3)28-20(26)23-11-5-7-16(23)19(25)27-17-8-4-6-13-12-14(22)9-10-15(13)18(17)24/h9-10,12,16-17H,4-8,11H2,1-3H3/t16-,17?/m0/s1. The minimum Gasteiger partial charge on any atom is -0.452 e. The second-order valence-electron chi connectivity index (χ2n) is 8.32. The van der Waals surface area contributed by atoms with Gasteiger partial charge < -0.3 is 9.47 Å². The zero-order valence-electron chi connectivity index (χ0n) is 16.5. The molecule has 1 aliphatic heterocycles. The van der Waals surface area contributed by atoms with Crippen molar-refractivity contribution in [2.45, 2.75) is 70.6 Å². The number of hydrogen-bond donors (Lipinski definition) is 0. The molecule has 0 saturated carbocycles. The van der Waals surface area contributed by atoms with Gasteiger partial charge >= 0.3 is 12.1 Å². The van der Waals surface area contributed by atoms with Gasteiger partial charge in [0.1, 0.15) is 11.6 Å². The Morgan fingerprint density at radius 2 is 1.93 bits per heavy atom. The molecular weight excluding hydrogens is 426 g/mol. The summed E-state index contributed by atoms with van der Waals surface area (Å²) < 4.78 is 11.9. The predicted molar refractivity (Wildman–Crippen MR) is 107 cm³/mol. The molecule has 2 aliphatic rings. The third-order valence-corrected chi connectivity index (χ3v) is 5.44. The van der Waals surface area contributed by atoms with E-state index in [0.717, 1.165) is 22.9 Å². The largest absolute Gasteiger partial charge is 0.452 e. The van der Waals surface area contributed by atoms with Gasteiger partial charge in [-0.3, -0.25) is 9.69 Å². The fourth-order valence-electron chi connectivity index (χ4n) is 3.67. The van der Waals surface area contributed by atoms with Crippen LogP contribution in [0.2, 0.25) is 0 Å². The number of benzene rings is 1. The van der Waals surface area contributed by atoms with Crippen LogP contribution in [-0.4, -0.2) is 47.0 Å². The van der Waals surface area contributed by atoms with Crippen molar-refractivity contribution in [3.8, 4) is 0 Å². The number of Topliss-reactive ketones (excluding diaryl/α,β-unsaturated/α-hetero) is 1. The van der Waals surface area contributed by atoms with Crippen LogP contribution in [0, 0.1) is 0 Å². The fraction of sp³-hybridized carbons (Fsp3) is 0.571. The molecule has 28 heavy (non-hydrogen) atoms. The van der Waals surface area contributed by atoms with Crippen LogP contribution >= 0.6 is 15.9 Å². The van der Waals surface area contributed by atoms with Gasteiger partial charge in [-0.05, 0) is 76.6 Å². The van der Waals surface area contributed by atoms with Crippen molar-refractivity contribution in [2.24, 2.45) is 0 Å². The molecule has 1 heterocycles. The third-order valence-electron chi connectivity index (χ3n) is 4.95. The molecule has 0 aromatic heterocycles. The number of aryl methyl sites for hydroxylation is 1. The summed E-state index contributed by atoms with van der Waals surface area (Å²) in [7, 11) is 0. The van der Waals surface area contributed by atoms with E-state index in [1.165, 1.54) is 4.90 Å². The highest BCUT2D eigenvalue weighted by Gasteiger charge is 2.39. The number of carbonyl (C=O) groups is 3. The molecule has 0 spiro atoms. The Hall–Kier alpha value is -1.89. The highest BCUT2D eigenvalue weighted by molar-refractivity contribution is 9.10. The first-order chi connectivity index (χ1) is 13.2. The van der Waals surface area contributed by atoms with Gasteiger partial charge in [0.05, 0.1) is 0 Å². The number of ether oxygens (including phenoxy) is 2. The molecule has 1 unspecified atom stereocenters. The van der Waals surface area contributed by atoms with E-state index in [9.17, 15) is 14.4 Å². The number of hydrogen-bond acceptors (Lipinski definition) is 5. The van der Waals surface area contributed by atoms with Gasteiger partial charge in [-0.25, -0.2) is 9.59 Å². The summed E-state index contributed by atoms with van der Waals surface area (Å²) >= 11 is 3.43. The molecule has 1 aromatic rings. The first kappa shape index (κ1) is 20.8. The number of carbonyl (C=O) groups excluding carboxylic acids is 3. The van der Waals surface area contributed by atoms with E-state index in [4.69, 9.17) is 9.47 Å². The van der Waals surface area contributed by atoms with Crippen molar-refractivity contribution < 1.29 is 23.9 Å².